The first kappa shape index (κ1) is 22.5. The van der Waals surface area contributed by atoms with Gasteiger partial charge in [-0.05, 0) is 49.3 Å². The van der Waals surface area contributed by atoms with E-state index in [2.05, 4.69) is 17.1 Å². The molecule has 5 nitrogen and oxygen atoms in total. The van der Waals surface area contributed by atoms with E-state index in [0.717, 1.165) is 31.2 Å². The van der Waals surface area contributed by atoms with Gasteiger partial charge in [-0.25, -0.2) is 13.4 Å². The number of nitrogens with zero attached hydrogens (tertiary/aromatic N) is 2. The fourth-order valence-electron chi connectivity index (χ4n) is 4.26. The third-order valence-electron chi connectivity index (χ3n) is 5.75. The zero-order valence-corrected chi connectivity index (χ0v) is 19.6. The van der Waals surface area contributed by atoms with E-state index in [1.54, 1.807) is 12.1 Å². The average Bonchev–Trinajstić information content (AvgIpc) is 3.02. The molecule has 2 fully saturated rings. The van der Waals surface area contributed by atoms with Gasteiger partial charge < -0.3 is 10.2 Å². The van der Waals surface area contributed by atoms with Crippen molar-refractivity contribution in [1.82, 2.24) is 10.2 Å². The molecule has 152 valence electrons. The van der Waals surface area contributed by atoms with Crippen LogP contribution in [0.1, 0.15) is 51.0 Å². The second kappa shape index (κ2) is 9.58. The van der Waals surface area contributed by atoms with Crippen LogP contribution in [-0.2, 0) is 16.4 Å². The number of guanidine groups is 1. The Hall–Kier alpha value is -0.830. The molecule has 1 saturated heterocycles. The molecule has 0 unspecified atom stereocenters. The molecular weight excluding hydrogens is 473 g/mol. The SMILES string of the molecule is CCNC(=NCc1ccc(S(C)(=O)=O)cc1)N1CCC2(CCCCC2)C1.I. The topological polar surface area (TPSA) is 61.8 Å². The van der Waals surface area contributed by atoms with E-state index in [-0.39, 0.29) is 24.0 Å². The molecule has 1 spiro atoms. The van der Waals surface area contributed by atoms with Crippen LogP contribution in [0, 0.1) is 5.41 Å². The summed E-state index contributed by atoms with van der Waals surface area (Å²) in [6.07, 6.45) is 9.35. The van der Waals surface area contributed by atoms with Gasteiger partial charge >= 0.3 is 0 Å². The smallest absolute Gasteiger partial charge is 0.194 e. The Morgan fingerprint density at radius 2 is 1.81 bits per heavy atom. The lowest BCUT2D eigenvalue weighted by Crippen LogP contribution is -2.41. The number of hydrogen-bond donors (Lipinski definition) is 1. The van der Waals surface area contributed by atoms with Gasteiger partial charge in [0.2, 0.25) is 0 Å². The van der Waals surface area contributed by atoms with Crippen molar-refractivity contribution in [1.29, 1.82) is 0 Å². The molecular formula is C20H32IN3O2S. The minimum absolute atomic E-state index is 0. The van der Waals surface area contributed by atoms with Gasteiger partial charge in [0.05, 0.1) is 11.4 Å². The van der Waals surface area contributed by atoms with Gasteiger partial charge in [0.1, 0.15) is 0 Å². The summed E-state index contributed by atoms with van der Waals surface area (Å²) in [6.45, 7) is 5.72. The summed E-state index contributed by atoms with van der Waals surface area (Å²) in [5, 5.41) is 3.43. The Labute approximate surface area is 181 Å². The predicted molar refractivity (Wildman–Crippen MR) is 121 cm³/mol. The summed E-state index contributed by atoms with van der Waals surface area (Å²) in [4.78, 5) is 7.59. The standard InChI is InChI=1S/C20H31N3O2S.HI/c1-3-21-19(23-14-13-20(16-23)11-5-4-6-12-20)22-15-17-7-9-18(10-8-17)26(2,24)25;/h7-10H,3-6,11-16H2,1-2H3,(H,21,22);1H. The summed E-state index contributed by atoms with van der Waals surface area (Å²) in [5.41, 5.74) is 1.53. The highest BCUT2D eigenvalue weighted by Gasteiger charge is 2.39. The Kier molecular flexibility index (Phi) is 7.97. The quantitative estimate of drug-likeness (QED) is 0.384. The number of hydrogen-bond acceptors (Lipinski definition) is 3. The minimum Gasteiger partial charge on any atom is -0.357 e. The molecule has 27 heavy (non-hydrogen) atoms. The average molecular weight is 505 g/mol. The second-order valence-corrected chi connectivity index (χ2v) is 9.83. The van der Waals surface area contributed by atoms with Gasteiger partial charge in [-0.15, -0.1) is 24.0 Å². The van der Waals surface area contributed by atoms with E-state index >= 15 is 0 Å². The lowest BCUT2D eigenvalue weighted by molar-refractivity contribution is 0.203. The van der Waals surface area contributed by atoms with Crippen LogP contribution in [0.3, 0.4) is 0 Å². The van der Waals surface area contributed by atoms with Crippen molar-refractivity contribution < 1.29 is 8.42 Å². The van der Waals surface area contributed by atoms with Crippen molar-refractivity contribution in [2.24, 2.45) is 10.4 Å². The molecule has 1 aliphatic carbocycles. The summed E-state index contributed by atoms with van der Waals surface area (Å²) in [5.74, 6) is 0.988. The number of nitrogens with one attached hydrogen (secondary N) is 1. The first-order valence-corrected chi connectivity index (χ1v) is 11.6. The van der Waals surface area contributed by atoms with E-state index in [4.69, 9.17) is 4.99 Å². The maximum atomic E-state index is 11.6. The third kappa shape index (κ3) is 5.82. The highest BCUT2D eigenvalue weighted by atomic mass is 127. The fraction of sp³-hybridized carbons (Fsp3) is 0.650. The molecule has 1 heterocycles. The van der Waals surface area contributed by atoms with Crippen molar-refractivity contribution >= 4 is 39.8 Å². The monoisotopic (exact) mass is 505 g/mol. The molecule has 1 aromatic carbocycles. The fourth-order valence-corrected chi connectivity index (χ4v) is 4.89. The zero-order valence-electron chi connectivity index (χ0n) is 16.4. The van der Waals surface area contributed by atoms with E-state index in [1.807, 2.05) is 12.1 Å². The normalized spacial score (nSPS) is 19.8. The first-order valence-electron chi connectivity index (χ1n) is 9.74. The number of rotatable bonds is 4. The molecule has 1 aliphatic heterocycles. The number of likely N-dealkylation sites (tertiary alicyclic amines) is 1. The van der Waals surface area contributed by atoms with Crippen molar-refractivity contribution in [3.05, 3.63) is 29.8 Å². The van der Waals surface area contributed by atoms with E-state index < -0.39 is 9.84 Å². The van der Waals surface area contributed by atoms with Gasteiger partial charge in [0.25, 0.3) is 0 Å². The maximum Gasteiger partial charge on any atom is 0.194 e. The Morgan fingerprint density at radius 3 is 2.41 bits per heavy atom. The second-order valence-electron chi connectivity index (χ2n) is 7.82. The third-order valence-corrected chi connectivity index (χ3v) is 6.88. The molecule has 7 heteroatoms. The van der Waals surface area contributed by atoms with E-state index in [0.29, 0.717) is 16.9 Å². The lowest BCUT2D eigenvalue weighted by atomic mass is 9.73. The number of sulfone groups is 1. The van der Waals surface area contributed by atoms with Crippen LogP contribution in [0.4, 0.5) is 0 Å². The van der Waals surface area contributed by atoms with Crippen molar-refractivity contribution in [3.63, 3.8) is 0 Å². The highest BCUT2D eigenvalue weighted by Crippen LogP contribution is 2.43. The Morgan fingerprint density at radius 1 is 1.15 bits per heavy atom. The Balaban J connectivity index is 0.00000261. The van der Waals surface area contributed by atoms with Gasteiger partial charge in [-0.3, -0.25) is 0 Å². The van der Waals surface area contributed by atoms with Gasteiger partial charge in [0.15, 0.2) is 15.8 Å². The molecule has 0 bridgehead atoms. The summed E-state index contributed by atoms with van der Waals surface area (Å²) in [6, 6.07) is 7.05. The minimum atomic E-state index is -3.14. The maximum absolute atomic E-state index is 11.6. The molecule has 0 amide bonds. The number of aliphatic imine (C=N–C) groups is 1. The summed E-state index contributed by atoms with van der Waals surface area (Å²) in [7, 11) is -3.14. The molecule has 1 aromatic rings. The van der Waals surface area contributed by atoms with Gasteiger partial charge in [-0.1, -0.05) is 31.4 Å². The molecule has 1 saturated carbocycles. The molecule has 3 rings (SSSR count). The first-order chi connectivity index (χ1) is 12.4. The highest BCUT2D eigenvalue weighted by molar-refractivity contribution is 14.0. The molecule has 0 atom stereocenters. The van der Waals surface area contributed by atoms with Crippen molar-refractivity contribution in [2.45, 2.75) is 56.9 Å². The molecule has 1 N–H and O–H groups in total. The van der Waals surface area contributed by atoms with E-state index in [9.17, 15) is 8.42 Å². The lowest BCUT2D eigenvalue weighted by Gasteiger charge is -2.33. The molecule has 2 aliphatic rings. The van der Waals surface area contributed by atoms with E-state index in [1.165, 1.54) is 44.8 Å². The van der Waals surface area contributed by atoms with Gasteiger partial charge in [-0.2, -0.15) is 0 Å². The zero-order chi connectivity index (χ0) is 18.6. The van der Waals surface area contributed by atoms with Crippen LogP contribution in [0.5, 0.6) is 0 Å². The van der Waals surface area contributed by atoms with Crippen molar-refractivity contribution in [3.8, 4) is 0 Å². The van der Waals surface area contributed by atoms with Crippen molar-refractivity contribution in [2.75, 3.05) is 25.9 Å². The number of halogens is 1. The van der Waals surface area contributed by atoms with Crippen LogP contribution in [0.15, 0.2) is 34.2 Å². The van der Waals surface area contributed by atoms with Crippen LogP contribution < -0.4 is 5.32 Å². The summed E-state index contributed by atoms with van der Waals surface area (Å²) >= 11 is 0. The van der Waals surface area contributed by atoms with Crippen LogP contribution in [0.25, 0.3) is 0 Å². The Bertz CT molecular complexity index is 741. The molecule has 0 radical (unpaired) electrons. The predicted octanol–water partition coefficient (Wildman–Crippen LogP) is 3.83. The van der Waals surface area contributed by atoms with Crippen LogP contribution in [0.2, 0.25) is 0 Å². The molecule has 0 aromatic heterocycles. The van der Waals surface area contributed by atoms with Crippen LogP contribution in [-0.4, -0.2) is 45.2 Å². The number of benzene rings is 1. The summed E-state index contributed by atoms with van der Waals surface area (Å²) < 4.78 is 23.1. The largest absolute Gasteiger partial charge is 0.357 e. The van der Waals surface area contributed by atoms with Crippen LogP contribution >= 0.6 is 24.0 Å². The van der Waals surface area contributed by atoms with Gasteiger partial charge in [0, 0.05) is 25.9 Å².